The standard InChI is InChI=1S/C11H20N2O2/c1-3-12(4-2)10(14)13-7-11(15,8-13)9-5-6-9/h9,15H,3-8H2,1-2H3. The fraction of sp³-hybridized carbons (Fsp3) is 0.909. The van der Waals surface area contributed by atoms with Gasteiger partial charge in [-0.1, -0.05) is 0 Å². The average Bonchev–Trinajstić information content (AvgIpc) is 2.98. The van der Waals surface area contributed by atoms with Crippen molar-refractivity contribution in [1.29, 1.82) is 0 Å². The van der Waals surface area contributed by atoms with Crippen molar-refractivity contribution >= 4 is 6.03 Å². The number of carbonyl (C=O) groups excluding carboxylic acids is 1. The molecule has 86 valence electrons. The Morgan fingerprint density at radius 1 is 1.40 bits per heavy atom. The minimum Gasteiger partial charge on any atom is -0.386 e. The van der Waals surface area contributed by atoms with Crippen LogP contribution in [0.4, 0.5) is 4.79 Å². The highest BCUT2D eigenvalue weighted by molar-refractivity contribution is 5.75. The summed E-state index contributed by atoms with van der Waals surface area (Å²) in [5.41, 5.74) is -0.553. The van der Waals surface area contributed by atoms with Gasteiger partial charge < -0.3 is 14.9 Å². The number of amides is 2. The molecule has 15 heavy (non-hydrogen) atoms. The highest BCUT2D eigenvalue weighted by atomic mass is 16.3. The molecule has 2 amide bonds. The van der Waals surface area contributed by atoms with Gasteiger partial charge in [0.1, 0.15) is 5.60 Å². The van der Waals surface area contributed by atoms with Gasteiger partial charge in [0.2, 0.25) is 0 Å². The van der Waals surface area contributed by atoms with E-state index in [1.807, 2.05) is 13.8 Å². The molecule has 0 spiro atoms. The van der Waals surface area contributed by atoms with Crippen LogP contribution in [0.2, 0.25) is 0 Å². The molecule has 2 fully saturated rings. The molecule has 1 aliphatic heterocycles. The van der Waals surface area contributed by atoms with Crippen molar-refractivity contribution in [3.8, 4) is 0 Å². The van der Waals surface area contributed by atoms with Crippen molar-refractivity contribution < 1.29 is 9.90 Å². The number of β-amino-alcohol motifs (C(OH)–C–C–N with tert-alkyl or cyclic N) is 1. The van der Waals surface area contributed by atoms with Crippen LogP contribution in [0, 0.1) is 5.92 Å². The molecule has 0 aromatic carbocycles. The van der Waals surface area contributed by atoms with Gasteiger partial charge in [0.25, 0.3) is 0 Å². The van der Waals surface area contributed by atoms with E-state index in [-0.39, 0.29) is 6.03 Å². The molecule has 0 bridgehead atoms. The minimum absolute atomic E-state index is 0.0744. The topological polar surface area (TPSA) is 43.8 Å². The number of carbonyl (C=O) groups is 1. The zero-order valence-electron chi connectivity index (χ0n) is 9.57. The van der Waals surface area contributed by atoms with E-state index in [4.69, 9.17) is 0 Å². The van der Waals surface area contributed by atoms with Gasteiger partial charge in [-0.25, -0.2) is 4.79 Å². The molecule has 0 aromatic heterocycles. The van der Waals surface area contributed by atoms with Crippen molar-refractivity contribution in [2.24, 2.45) is 5.92 Å². The lowest BCUT2D eigenvalue weighted by molar-refractivity contribution is -0.0961. The Balaban J connectivity index is 1.85. The number of rotatable bonds is 3. The highest BCUT2D eigenvalue weighted by Crippen LogP contribution is 2.44. The smallest absolute Gasteiger partial charge is 0.320 e. The summed E-state index contributed by atoms with van der Waals surface area (Å²) >= 11 is 0. The van der Waals surface area contributed by atoms with Gasteiger partial charge in [0.05, 0.1) is 13.1 Å². The Hall–Kier alpha value is -0.770. The predicted octanol–water partition coefficient (Wildman–Crippen LogP) is 0.905. The Kier molecular flexibility index (Phi) is 2.63. The quantitative estimate of drug-likeness (QED) is 0.755. The first-order valence-corrected chi connectivity index (χ1v) is 5.87. The number of hydrogen-bond donors (Lipinski definition) is 1. The Labute approximate surface area is 90.9 Å². The van der Waals surface area contributed by atoms with Gasteiger partial charge in [-0.15, -0.1) is 0 Å². The zero-order valence-corrected chi connectivity index (χ0v) is 9.57. The highest BCUT2D eigenvalue weighted by Gasteiger charge is 2.53. The molecule has 0 aromatic rings. The van der Waals surface area contributed by atoms with Crippen LogP contribution in [0.1, 0.15) is 26.7 Å². The van der Waals surface area contributed by atoms with E-state index < -0.39 is 5.60 Å². The van der Waals surface area contributed by atoms with E-state index in [2.05, 4.69) is 0 Å². The average molecular weight is 212 g/mol. The Bertz CT molecular complexity index is 253. The van der Waals surface area contributed by atoms with E-state index in [9.17, 15) is 9.90 Å². The Morgan fingerprint density at radius 2 is 1.93 bits per heavy atom. The van der Waals surface area contributed by atoms with Crippen molar-refractivity contribution in [3.05, 3.63) is 0 Å². The molecule has 2 rings (SSSR count). The van der Waals surface area contributed by atoms with Gasteiger partial charge in [0.15, 0.2) is 0 Å². The monoisotopic (exact) mass is 212 g/mol. The van der Waals surface area contributed by atoms with Crippen LogP contribution in [0.15, 0.2) is 0 Å². The molecule has 1 aliphatic carbocycles. The van der Waals surface area contributed by atoms with Gasteiger partial charge >= 0.3 is 6.03 Å². The zero-order chi connectivity index (χ0) is 11.1. The van der Waals surface area contributed by atoms with Gasteiger partial charge in [-0.3, -0.25) is 0 Å². The molecule has 0 radical (unpaired) electrons. The molecule has 4 nitrogen and oxygen atoms in total. The summed E-state index contributed by atoms with van der Waals surface area (Å²) in [7, 11) is 0. The first kappa shape index (κ1) is 10.7. The summed E-state index contributed by atoms with van der Waals surface area (Å²) in [6.45, 7) is 6.52. The molecule has 0 atom stereocenters. The molecule has 2 aliphatic rings. The third-order valence-corrected chi connectivity index (χ3v) is 3.57. The molecule has 0 unspecified atom stereocenters. The lowest BCUT2D eigenvalue weighted by atomic mass is 9.89. The summed E-state index contributed by atoms with van der Waals surface area (Å²) in [5, 5.41) is 10.1. The van der Waals surface area contributed by atoms with Crippen LogP contribution in [0.5, 0.6) is 0 Å². The number of hydrogen-bond acceptors (Lipinski definition) is 2. The minimum atomic E-state index is -0.553. The maximum Gasteiger partial charge on any atom is 0.320 e. The van der Waals surface area contributed by atoms with Crippen LogP contribution >= 0.6 is 0 Å². The van der Waals surface area contributed by atoms with Crippen molar-refractivity contribution in [2.75, 3.05) is 26.2 Å². The maximum absolute atomic E-state index is 11.9. The third kappa shape index (κ3) is 1.83. The summed E-state index contributed by atoms with van der Waals surface area (Å²) < 4.78 is 0. The van der Waals surface area contributed by atoms with E-state index in [1.165, 1.54) is 0 Å². The van der Waals surface area contributed by atoms with Crippen molar-refractivity contribution in [2.45, 2.75) is 32.3 Å². The lowest BCUT2D eigenvalue weighted by Crippen LogP contribution is -2.66. The summed E-state index contributed by atoms with van der Waals surface area (Å²) in [6, 6.07) is 0.0744. The fourth-order valence-corrected chi connectivity index (χ4v) is 2.32. The van der Waals surface area contributed by atoms with Gasteiger partial charge in [0, 0.05) is 13.1 Å². The molecular formula is C11H20N2O2. The Morgan fingerprint density at radius 3 is 2.33 bits per heavy atom. The summed E-state index contributed by atoms with van der Waals surface area (Å²) in [5.74, 6) is 0.457. The van der Waals surface area contributed by atoms with Crippen LogP contribution in [-0.2, 0) is 0 Å². The van der Waals surface area contributed by atoms with Crippen molar-refractivity contribution in [3.63, 3.8) is 0 Å². The number of nitrogens with zero attached hydrogens (tertiary/aromatic N) is 2. The maximum atomic E-state index is 11.9. The summed E-state index contributed by atoms with van der Waals surface area (Å²) in [4.78, 5) is 15.4. The second-order valence-electron chi connectivity index (χ2n) is 4.69. The lowest BCUT2D eigenvalue weighted by Gasteiger charge is -2.48. The van der Waals surface area contributed by atoms with Crippen molar-refractivity contribution in [1.82, 2.24) is 9.80 Å². The molecule has 1 saturated heterocycles. The number of aliphatic hydroxyl groups is 1. The normalized spacial score (nSPS) is 23.5. The molecule has 1 heterocycles. The fourth-order valence-electron chi connectivity index (χ4n) is 2.32. The van der Waals surface area contributed by atoms with Gasteiger partial charge in [-0.2, -0.15) is 0 Å². The van der Waals surface area contributed by atoms with Crippen LogP contribution < -0.4 is 0 Å². The second kappa shape index (κ2) is 3.67. The third-order valence-electron chi connectivity index (χ3n) is 3.57. The number of likely N-dealkylation sites (tertiary alicyclic amines) is 1. The van der Waals surface area contributed by atoms with Crippen LogP contribution in [0.25, 0.3) is 0 Å². The van der Waals surface area contributed by atoms with E-state index >= 15 is 0 Å². The molecular weight excluding hydrogens is 192 g/mol. The summed E-state index contributed by atoms with van der Waals surface area (Å²) in [6.07, 6.45) is 2.26. The van der Waals surface area contributed by atoms with E-state index in [0.717, 1.165) is 25.9 Å². The van der Waals surface area contributed by atoms with E-state index in [0.29, 0.717) is 19.0 Å². The van der Waals surface area contributed by atoms with Crippen LogP contribution in [0.3, 0.4) is 0 Å². The molecule has 4 heteroatoms. The van der Waals surface area contributed by atoms with Gasteiger partial charge in [-0.05, 0) is 32.6 Å². The molecule has 1 N–H and O–H groups in total. The predicted molar refractivity (Wildman–Crippen MR) is 57.6 cm³/mol. The molecule has 1 saturated carbocycles. The first-order chi connectivity index (χ1) is 7.10. The first-order valence-electron chi connectivity index (χ1n) is 5.87. The largest absolute Gasteiger partial charge is 0.386 e. The second-order valence-corrected chi connectivity index (χ2v) is 4.69. The van der Waals surface area contributed by atoms with E-state index in [1.54, 1.807) is 9.80 Å². The SMILES string of the molecule is CCN(CC)C(=O)N1CC(O)(C2CC2)C1. The number of urea groups is 1. The van der Waals surface area contributed by atoms with Crippen LogP contribution in [-0.4, -0.2) is 52.7 Å².